The summed E-state index contributed by atoms with van der Waals surface area (Å²) in [6.07, 6.45) is 0. The molecule has 5 nitrogen and oxygen atoms in total. The zero-order valence-corrected chi connectivity index (χ0v) is 18.0. The molecule has 0 N–H and O–H groups in total. The van der Waals surface area contributed by atoms with Gasteiger partial charge < -0.3 is 14.5 Å². The van der Waals surface area contributed by atoms with Crippen LogP contribution in [0.4, 0.5) is 0 Å². The van der Waals surface area contributed by atoms with E-state index in [0.717, 1.165) is 16.9 Å². The van der Waals surface area contributed by atoms with Gasteiger partial charge in [0.2, 0.25) is 0 Å². The van der Waals surface area contributed by atoms with Gasteiger partial charge in [0.05, 0.1) is 7.11 Å². The number of carbonyl (C=O) groups is 2. The monoisotopic (exact) mass is 434 g/mol. The number of carbonyl (C=O) groups excluding carboxylic acids is 2. The number of hydrogen-bond donors (Lipinski definition) is 0. The number of nitrogens with zero attached hydrogens (tertiary/aromatic N) is 2. The van der Waals surface area contributed by atoms with Crippen molar-refractivity contribution in [3.63, 3.8) is 0 Å². The Hall–Kier alpha value is -3.31. The standard InChI is InChI=1S/C25H23ClN2O3/c1-31-23-7-3-5-20(17-23)19-4-2-6-21(16-19)25(30)28-14-12-27(13-15-28)24(29)18-8-10-22(26)11-9-18/h2-11,16-17H,12-15H2,1H3. The molecular formula is C25H23ClN2O3. The van der Waals surface area contributed by atoms with Gasteiger partial charge in [-0.3, -0.25) is 9.59 Å². The zero-order chi connectivity index (χ0) is 21.8. The van der Waals surface area contributed by atoms with E-state index in [1.807, 2.05) is 48.5 Å². The van der Waals surface area contributed by atoms with Crippen LogP contribution >= 0.6 is 11.6 Å². The molecule has 158 valence electrons. The van der Waals surface area contributed by atoms with Gasteiger partial charge in [0.1, 0.15) is 5.75 Å². The van der Waals surface area contributed by atoms with Crippen molar-refractivity contribution in [3.8, 4) is 16.9 Å². The minimum absolute atomic E-state index is 0.0247. The van der Waals surface area contributed by atoms with Gasteiger partial charge in [-0.05, 0) is 59.7 Å². The van der Waals surface area contributed by atoms with Crippen LogP contribution < -0.4 is 4.74 Å². The lowest BCUT2D eigenvalue weighted by Gasteiger charge is -2.35. The predicted molar refractivity (Wildman–Crippen MR) is 122 cm³/mol. The Morgan fingerprint density at radius 3 is 1.90 bits per heavy atom. The SMILES string of the molecule is COc1cccc(-c2cccc(C(=O)N3CCN(C(=O)c4ccc(Cl)cc4)CC3)c2)c1. The van der Waals surface area contributed by atoms with Gasteiger partial charge in [-0.2, -0.15) is 0 Å². The fraction of sp³-hybridized carbons (Fsp3) is 0.200. The molecule has 1 aliphatic rings. The Bertz CT molecular complexity index is 1090. The number of halogens is 1. The number of ether oxygens (including phenoxy) is 1. The first-order valence-electron chi connectivity index (χ1n) is 10.1. The molecule has 3 aromatic carbocycles. The summed E-state index contributed by atoms with van der Waals surface area (Å²) < 4.78 is 5.30. The molecule has 0 spiro atoms. The van der Waals surface area contributed by atoms with Crippen LogP contribution in [0.25, 0.3) is 11.1 Å². The molecule has 0 bridgehead atoms. The summed E-state index contributed by atoms with van der Waals surface area (Å²) in [5.74, 6) is 0.711. The van der Waals surface area contributed by atoms with E-state index in [0.29, 0.717) is 42.3 Å². The van der Waals surface area contributed by atoms with Crippen LogP contribution in [0.1, 0.15) is 20.7 Å². The highest BCUT2D eigenvalue weighted by atomic mass is 35.5. The van der Waals surface area contributed by atoms with E-state index in [1.54, 1.807) is 41.2 Å². The maximum Gasteiger partial charge on any atom is 0.253 e. The molecule has 0 saturated carbocycles. The summed E-state index contributed by atoms with van der Waals surface area (Å²) in [4.78, 5) is 29.3. The Morgan fingerprint density at radius 1 is 0.742 bits per heavy atom. The van der Waals surface area contributed by atoms with E-state index in [9.17, 15) is 9.59 Å². The van der Waals surface area contributed by atoms with Crippen LogP contribution in [0.2, 0.25) is 5.02 Å². The summed E-state index contributed by atoms with van der Waals surface area (Å²) in [5.41, 5.74) is 3.20. The van der Waals surface area contributed by atoms with Crippen molar-refractivity contribution < 1.29 is 14.3 Å². The van der Waals surface area contributed by atoms with Crippen molar-refractivity contribution in [1.29, 1.82) is 0 Å². The lowest BCUT2D eigenvalue weighted by atomic mass is 10.0. The van der Waals surface area contributed by atoms with Crippen LogP contribution in [0.15, 0.2) is 72.8 Å². The number of methoxy groups -OCH3 is 1. The van der Waals surface area contributed by atoms with E-state index in [-0.39, 0.29) is 11.8 Å². The van der Waals surface area contributed by atoms with Crippen LogP contribution in [0.5, 0.6) is 5.75 Å². The Labute approximate surface area is 186 Å². The third-order valence-electron chi connectivity index (χ3n) is 5.46. The first-order valence-corrected chi connectivity index (χ1v) is 10.5. The Kier molecular flexibility index (Phi) is 6.23. The number of hydrogen-bond acceptors (Lipinski definition) is 3. The molecule has 6 heteroatoms. The summed E-state index contributed by atoms with van der Waals surface area (Å²) >= 11 is 5.90. The first-order chi connectivity index (χ1) is 15.0. The van der Waals surface area contributed by atoms with Crippen molar-refractivity contribution in [1.82, 2.24) is 9.80 Å². The molecule has 2 amide bonds. The van der Waals surface area contributed by atoms with E-state index in [4.69, 9.17) is 16.3 Å². The van der Waals surface area contributed by atoms with Gasteiger partial charge in [0.15, 0.2) is 0 Å². The average Bonchev–Trinajstić information content (AvgIpc) is 2.84. The number of benzene rings is 3. The predicted octanol–water partition coefficient (Wildman–Crippen LogP) is 4.61. The van der Waals surface area contributed by atoms with Crippen LogP contribution in [0.3, 0.4) is 0 Å². The smallest absolute Gasteiger partial charge is 0.253 e. The van der Waals surface area contributed by atoms with Crippen molar-refractivity contribution in [3.05, 3.63) is 88.9 Å². The Balaban J connectivity index is 1.43. The molecule has 1 aliphatic heterocycles. The third kappa shape index (κ3) is 4.72. The second-order valence-electron chi connectivity index (χ2n) is 7.40. The van der Waals surface area contributed by atoms with Gasteiger partial charge in [0, 0.05) is 42.3 Å². The van der Waals surface area contributed by atoms with Gasteiger partial charge >= 0.3 is 0 Å². The van der Waals surface area contributed by atoms with Crippen molar-refractivity contribution in [2.75, 3.05) is 33.3 Å². The quantitative estimate of drug-likeness (QED) is 0.602. The minimum Gasteiger partial charge on any atom is -0.497 e. The van der Waals surface area contributed by atoms with E-state index in [1.165, 1.54) is 0 Å². The summed E-state index contributed by atoms with van der Waals surface area (Å²) in [6, 6.07) is 22.3. The van der Waals surface area contributed by atoms with Crippen LogP contribution in [0, 0.1) is 0 Å². The fourth-order valence-corrected chi connectivity index (χ4v) is 3.83. The molecule has 1 saturated heterocycles. The highest BCUT2D eigenvalue weighted by Gasteiger charge is 2.25. The second kappa shape index (κ2) is 9.23. The van der Waals surface area contributed by atoms with Gasteiger partial charge in [-0.25, -0.2) is 0 Å². The van der Waals surface area contributed by atoms with Crippen LogP contribution in [-0.2, 0) is 0 Å². The maximum absolute atomic E-state index is 13.1. The Morgan fingerprint density at radius 2 is 1.29 bits per heavy atom. The molecule has 31 heavy (non-hydrogen) atoms. The highest BCUT2D eigenvalue weighted by Crippen LogP contribution is 2.25. The van der Waals surface area contributed by atoms with Gasteiger partial charge in [-0.15, -0.1) is 0 Å². The molecule has 0 aliphatic carbocycles. The fourth-order valence-electron chi connectivity index (χ4n) is 3.70. The highest BCUT2D eigenvalue weighted by molar-refractivity contribution is 6.30. The summed E-state index contributed by atoms with van der Waals surface area (Å²) in [6.45, 7) is 2.01. The van der Waals surface area contributed by atoms with Crippen molar-refractivity contribution >= 4 is 23.4 Å². The normalized spacial score (nSPS) is 13.7. The maximum atomic E-state index is 13.1. The zero-order valence-electron chi connectivity index (χ0n) is 17.3. The first kappa shape index (κ1) is 20.9. The molecule has 1 heterocycles. The number of amides is 2. The molecule has 0 radical (unpaired) electrons. The minimum atomic E-state index is -0.0382. The van der Waals surface area contributed by atoms with E-state index >= 15 is 0 Å². The van der Waals surface area contributed by atoms with Crippen molar-refractivity contribution in [2.24, 2.45) is 0 Å². The summed E-state index contributed by atoms with van der Waals surface area (Å²) in [7, 11) is 1.64. The lowest BCUT2D eigenvalue weighted by molar-refractivity contribution is 0.0535. The second-order valence-corrected chi connectivity index (χ2v) is 7.84. The molecule has 0 aromatic heterocycles. The van der Waals surface area contributed by atoms with Crippen molar-refractivity contribution in [2.45, 2.75) is 0 Å². The molecule has 0 unspecified atom stereocenters. The van der Waals surface area contributed by atoms with E-state index in [2.05, 4.69) is 0 Å². The van der Waals surface area contributed by atoms with E-state index < -0.39 is 0 Å². The average molecular weight is 435 g/mol. The molecular weight excluding hydrogens is 412 g/mol. The lowest BCUT2D eigenvalue weighted by Crippen LogP contribution is -2.50. The number of rotatable bonds is 4. The summed E-state index contributed by atoms with van der Waals surface area (Å²) in [5, 5.41) is 0.600. The largest absolute Gasteiger partial charge is 0.497 e. The van der Waals surface area contributed by atoms with Gasteiger partial charge in [0.25, 0.3) is 11.8 Å². The molecule has 1 fully saturated rings. The van der Waals surface area contributed by atoms with Gasteiger partial charge in [-0.1, -0.05) is 35.9 Å². The topological polar surface area (TPSA) is 49.9 Å². The molecule has 4 rings (SSSR count). The molecule has 0 atom stereocenters. The molecule has 3 aromatic rings. The third-order valence-corrected chi connectivity index (χ3v) is 5.71. The number of piperazine rings is 1. The van der Waals surface area contributed by atoms with Crippen LogP contribution in [-0.4, -0.2) is 54.9 Å².